The van der Waals surface area contributed by atoms with Crippen molar-refractivity contribution >= 4 is 17.2 Å². The van der Waals surface area contributed by atoms with Crippen molar-refractivity contribution in [2.24, 2.45) is 0 Å². The van der Waals surface area contributed by atoms with E-state index in [9.17, 15) is 4.79 Å². The molecule has 2 rings (SSSR count). The molecule has 2 aromatic rings. The largest absolute Gasteiger partial charge is 0.333 e. The summed E-state index contributed by atoms with van der Waals surface area (Å²) in [6.07, 6.45) is 3.13. The first kappa shape index (κ1) is 12.7. The van der Waals surface area contributed by atoms with Gasteiger partial charge in [-0.3, -0.25) is 9.78 Å². The number of aryl methyl sites for hydroxylation is 1. The van der Waals surface area contributed by atoms with Crippen LogP contribution in [0.4, 0.5) is 0 Å². The Kier molecular flexibility index (Phi) is 3.72. The number of carbonyl (C=O) groups excluding carboxylic acids is 1. The molecule has 1 unspecified atom stereocenters. The van der Waals surface area contributed by atoms with Gasteiger partial charge in [-0.15, -0.1) is 11.3 Å². The zero-order chi connectivity index (χ0) is 13.1. The Hall–Kier alpha value is -1.75. The van der Waals surface area contributed by atoms with Gasteiger partial charge in [-0.2, -0.15) is 0 Å². The van der Waals surface area contributed by atoms with E-state index in [1.807, 2.05) is 31.4 Å². The van der Waals surface area contributed by atoms with Gasteiger partial charge in [0.05, 0.1) is 17.9 Å². The molecule has 5 heteroatoms. The maximum atomic E-state index is 12.2. The van der Waals surface area contributed by atoms with Gasteiger partial charge in [0.1, 0.15) is 5.69 Å². The summed E-state index contributed by atoms with van der Waals surface area (Å²) >= 11 is 1.64. The van der Waals surface area contributed by atoms with E-state index < -0.39 is 0 Å². The summed E-state index contributed by atoms with van der Waals surface area (Å²) in [4.78, 5) is 23.3. The second-order valence-corrected chi connectivity index (χ2v) is 5.13. The van der Waals surface area contributed by atoms with E-state index >= 15 is 0 Å². The molecule has 94 valence electrons. The van der Waals surface area contributed by atoms with Crippen molar-refractivity contribution < 1.29 is 4.79 Å². The van der Waals surface area contributed by atoms with Gasteiger partial charge in [-0.25, -0.2) is 4.98 Å². The Morgan fingerprint density at radius 3 is 2.72 bits per heavy atom. The average Bonchev–Trinajstić information content (AvgIpc) is 2.91. The van der Waals surface area contributed by atoms with Crippen LogP contribution < -0.4 is 0 Å². The maximum absolute atomic E-state index is 12.2. The lowest BCUT2D eigenvalue weighted by molar-refractivity contribution is 0.0738. The summed E-state index contributed by atoms with van der Waals surface area (Å²) in [7, 11) is 1.79. The zero-order valence-electron chi connectivity index (χ0n) is 10.6. The van der Waals surface area contributed by atoms with E-state index in [0.717, 1.165) is 10.6 Å². The molecule has 0 aliphatic heterocycles. The minimum absolute atomic E-state index is 0.0422. The standard InChI is InChI=1S/C13H15N3OS/c1-9-7-15-11(8-14-9)13(17)16(3)10(2)12-5-4-6-18-12/h4-8,10H,1-3H3. The van der Waals surface area contributed by atoms with Crippen LogP contribution in [0.25, 0.3) is 0 Å². The monoisotopic (exact) mass is 261 g/mol. The molecule has 0 aliphatic rings. The summed E-state index contributed by atoms with van der Waals surface area (Å²) in [5, 5.41) is 2.01. The molecule has 1 amide bonds. The van der Waals surface area contributed by atoms with Crippen molar-refractivity contribution in [3.8, 4) is 0 Å². The third-order valence-electron chi connectivity index (χ3n) is 2.86. The van der Waals surface area contributed by atoms with Crippen molar-refractivity contribution in [2.75, 3.05) is 7.05 Å². The molecule has 0 saturated heterocycles. The Labute approximate surface area is 110 Å². The van der Waals surface area contributed by atoms with Crippen molar-refractivity contribution in [3.63, 3.8) is 0 Å². The van der Waals surface area contributed by atoms with Crippen LogP contribution in [0.3, 0.4) is 0 Å². The van der Waals surface area contributed by atoms with E-state index in [4.69, 9.17) is 0 Å². The van der Waals surface area contributed by atoms with Crippen LogP contribution >= 0.6 is 11.3 Å². The molecule has 4 nitrogen and oxygen atoms in total. The number of nitrogens with zero attached hydrogens (tertiary/aromatic N) is 3. The summed E-state index contributed by atoms with van der Waals surface area (Å²) in [6.45, 7) is 3.85. The highest BCUT2D eigenvalue weighted by Crippen LogP contribution is 2.24. The summed E-state index contributed by atoms with van der Waals surface area (Å²) < 4.78 is 0. The Morgan fingerprint density at radius 2 is 2.17 bits per heavy atom. The molecule has 0 N–H and O–H groups in total. The van der Waals surface area contributed by atoms with E-state index in [0.29, 0.717) is 5.69 Å². The molecule has 0 saturated carbocycles. The number of thiophene rings is 1. The fourth-order valence-corrected chi connectivity index (χ4v) is 2.41. The van der Waals surface area contributed by atoms with Gasteiger partial charge in [0.15, 0.2) is 0 Å². The minimum atomic E-state index is -0.108. The maximum Gasteiger partial charge on any atom is 0.274 e. The van der Waals surface area contributed by atoms with Gasteiger partial charge in [-0.1, -0.05) is 6.07 Å². The van der Waals surface area contributed by atoms with E-state index in [2.05, 4.69) is 9.97 Å². The highest BCUT2D eigenvalue weighted by atomic mass is 32.1. The molecule has 0 fully saturated rings. The quantitative estimate of drug-likeness (QED) is 0.853. The molecular weight excluding hydrogens is 246 g/mol. The van der Waals surface area contributed by atoms with E-state index in [1.54, 1.807) is 29.5 Å². The van der Waals surface area contributed by atoms with Gasteiger partial charge in [-0.05, 0) is 25.3 Å². The molecule has 0 aliphatic carbocycles. The van der Waals surface area contributed by atoms with Crippen LogP contribution in [0.15, 0.2) is 29.9 Å². The van der Waals surface area contributed by atoms with Crippen molar-refractivity contribution in [1.29, 1.82) is 0 Å². The molecule has 2 heterocycles. The third-order valence-corrected chi connectivity index (χ3v) is 3.90. The SMILES string of the molecule is Cc1cnc(C(=O)N(C)C(C)c2cccs2)cn1. The third kappa shape index (κ3) is 2.56. The predicted octanol–water partition coefficient (Wildman–Crippen LogP) is 2.68. The van der Waals surface area contributed by atoms with Gasteiger partial charge >= 0.3 is 0 Å². The number of amides is 1. The number of aromatic nitrogens is 2. The van der Waals surface area contributed by atoms with Crippen LogP contribution in [0.5, 0.6) is 0 Å². The summed E-state index contributed by atoms with van der Waals surface area (Å²) in [6, 6.07) is 4.06. The second-order valence-electron chi connectivity index (χ2n) is 4.15. The predicted molar refractivity (Wildman–Crippen MR) is 71.6 cm³/mol. The van der Waals surface area contributed by atoms with Gasteiger partial charge in [0, 0.05) is 18.1 Å². The molecule has 0 aromatic carbocycles. The molecular formula is C13H15N3OS. The van der Waals surface area contributed by atoms with Gasteiger partial charge in [0.2, 0.25) is 0 Å². The van der Waals surface area contributed by atoms with Crippen LogP contribution in [0.1, 0.15) is 34.0 Å². The Bertz CT molecular complexity index is 522. The van der Waals surface area contributed by atoms with Gasteiger partial charge in [0.25, 0.3) is 5.91 Å². The zero-order valence-corrected chi connectivity index (χ0v) is 11.4. The summed E-state index contributed by atoms with van der Waals surface area (Å²) in [5.41, 5.74) is 1.19. The highest BCUT2D eigenvalue weighted by Gasteiger charge is 2.20. The second kappa shape index (κ2) is 5.27. The Balaban J connectivity index is 2.16. The molecule has 0 radical (unpaired) electrons. The first-order valence-electron chi connectivity index (χ1n) is 5.69. The minimum Gasteiger partial charge on any atom is -0.333 e. The normalized spacial score (nSPS) is 12.2. The fourth-order valence-electron chi connectivity index (χ4n) is 1.58. The Morgan fingerprint density at radius 1 is 1.39 bits per heavy atom. The van der Waals surface area contributed by atoms with Crippen LogP contribution in [0, 0.1) is 6.92 Å². The lowest BCUT2D eigenvalue weighted by Gasteiger charge is -2.23. The summed E-state index contributed by atoms with van der Waals surface area (Å²) in [5.74, 6) is -0.108. The number of carbonyl (C=O) groups is 1. The lowest BCUT2D eigenvalue weighted by atomic mass is 10.2. The lowest BCUT2D eigenvalue weighted by Crippen LogP contribution is -2.30. The van der Waals surface area contributed by atoms with E-state index in [1.165, 1.54) is 6.20 Å². The van der Waals surface area contributed by atoms with Crippen molar-refractivity contribution in [2.45, 2.75) is 19.9 Å². The van der Waals surface area contributed by atoms with Crippen molar-refractivity contribution in [3.05, 3.63) is 46.2 Å². The van der Waals surface area contributed by atoms with Crippen LogP contribution in [-0.4, -0.2) is 27.8 Å². The molecule has 18 heavy (non-hydrogen) atoms. The van der Waals surface area contributed by atoms with Gasteiger partial charge < -0.3 is 4.90 Å². The molecule has 2 aromatic heterocycles. The highest BCUT2D eigenvalue weighted by molar-refractivity contribution is 7.10. The molecule has 0 bridgehead atoms. The smallest absolute Gasteiger partial charge is 0.274 e. The van der Waals surface area contributed by atoms with E-state index in [-0.39, 0.29) is 11.9 Å². The first-order valence-corrected chi connectivity index (χ1v) is 6.56. The molecule has 1 atom stereocenters. The number of hydrogen-bond acceptors (Lipinski definition) is 4. The average molecular weight is 261 g/mol. The van der Waals surface area contributed by atoms with Crippen molar-refractivity contribution in [1.82, 2.24) is 14.9 Å². The number of hydrogen-bond donors (Lipinski definition) is 0. The first-order chi connectivity index (χ1) is 8.59. The van der Waals surface area contributed by atoms with Crippen LogP contribution in [0.2, 0.25) is 0 Å². The molecule has 0 spiro atoms. The number of rotatable bonds is 3. The van der Waals surface area contributed by atoms with Crippen LogP contribution in [-0.2, 0) is 0 Å². The topological polar surface area (TPSA) is 46.1 Å². The fraction of sp³-hybridized carbons (Fsp3) is 0.308.